The first kappa shape index (κ1) is 15.8. The molecule has 7 heteroatoms. The van der Waals surface area contributed by atoms with Gasteiger partial charge in [0, 0.05) is 30.7 Å². The second kappa shape index (κ2) is 7.45. The van der Waals surface area contributed by atoms with E-state index in [2.05, 4.69) is 51.1 Å². The van der Waals surface area contributed by atoms with Crippen molar-refractivity contribution in [2.24, 2.45) is 4.90 Å². The summed E-state index contributed by atoms with van der Waals surface area (Å²) >= 11 is 0. The number of aromatic nitrogens is 2. The first-order chi connectivity index (χ1) is 10.7. The van der Waals surface area contributed by atoms with Gasteiger partial charge in [0.25, 0.3) is 0 Å². The molecule has 0 aliphatic rings. The van der Waals surface area contributed by atoms with E-state index in [1.165, 1.54) is 12.0 Å². The largest absolute Gasteiger partial charge is 0.383 e. The standard InChI is InChI=1S/C15H21BN6/c1-3-22(4-2)12-7-5-11(6-8-12)21-15-13(9-20-16)14(17)18-10-19-15/h5-10H,3-4,16H2,1-2H3,(H3,17,18,19,21)/b20-9+. The predicted molar refractivity (Wildman–Crippen MR) is 95.9 cm³/mol. The summed E-state index contributed by atoms with van der Waals surface area (Å²) in [5.41, 5.74) is 8.71. The summed E-state index contributed by atoms with van der Waals surface area (Å²) in [6, 6.07) is 8.23. The van der Waals surface area contributed by atoms with Gasteiger partial charge < -0.3 is 20.9 Å². The second-order valence-corrected chi connectivity index (χ2v) is 4.75. The van der Waals surface area contributed by atoms with Crippen molar-refractivity contribution in [3.63, 3.8) is 0 Å². The number of anilines is 4. The van der Waals surface area contributed by atoms with Gasteiger partial charge in [-0.3, -0.25) is 0 Å². The molecule has 0 saturated heterocycles. The molecule has 1 aromatic carbocycles. The number of nitrogen functional groups attached to an aromatic ring is 1. The SMILES string of the molecule is B/N=C/c1c(N)ncnc1Nc1ccc(N(CC)CC)cc1. The van der Waals surface area contributed by atoms with Crippen molar-refractivity contribution in [1.82, 2.24) is 9.97 Å². The average Bonchev–Trinajstić information content (AvgIpc) is 2.53. The molecule has 0 saturated carbocycles. The molecule has 1 aromatic heterocycles. The summed E-state index contributed by atoms with van der Waals surface area (Å²) in [5, 5.41) is 3.26. The molecule has 0 atom stereocenters. The van der Waals surface area contributed by atoms with Crippen LogP contribution in [0.25, 0.3) is 0 Å². The van der Waals surface area contributed by atoms with Crippen LogP contribution in [-0.2, 0) is 0 Å². The molecule has 2 rings (SSSR count). The number of nitrogens with two attached hydrogens (primary N) is 1. The first-order valence-electron chi connectivity index (χ1n) is 7.34. The van der Waals surface area contributed by atoms with Gasteiger partial charge in [0.05, 0.1) is 5.56 Å². The Labute approximate surface area is 131 Å². The lowest BCUT2D eigenvalue weighted by Crippen LogP contribution is -2.21. The molecule has 22 heavy (non-hydrogen) atoms. The maximum Gasteiger partial charge on any atom is 0.244 e. The van der Waals surface area contributed by atoms with Crippen molar-refractivity contribution in [3.8, 4) is 0 Å². The minimum atomic E-state index is 0.405. The summed E-state index contributed by atoms with van der Waals surface area (Å²) in [6.45, 7) is 6.27. The van der Waals surface area contributed by atoms with Gasteiger partial charge in [-0.1, -0.05) is 0 Å². The minimum Gasteiger partial charge on any atom is -0.383 e. The van der Waals surface area contributed by atoms with E-state index < -0.39 is 0 Å². The topological polar surface area (TPSA) is 79.4 Å². The van der Waals surface area contributed by atoms with Crippen LogP contribution in [0.1, 0.15) is 19.4 Å². The van der Waals surface area contributed by atoms with E-state index >= 15 is 0 Å². The lowest BCUT2D eigenvalue weighted by molar-refractivity contribution is 0.866. The Morgan fingerprint density at radius 1 is 1.23 bits per heavy atom. The lowest BCUT2D eigenvalue weighted by atomic mass is 10.2. The van der Waals surface area contributed by atoms with Gasteiger partial charge >= 0.3 is 0 Å². The highest BCUT2D eigenvalue weighted by molar-refractivity contribution is 6.12. The highest BCUT2D eigenvalue weighted by Gasteiger charge is 2.07. The maximum absolute atomic E-state index is 5.87. The van der Waals surface area contributed by atoms with Crippen molar-refractivity contribution in [3.05, 3.63) is 36.2 Å². The average molecular weight is 296 g/mol. The van der Waals surface area contributed by atoms with E-state index in [1.807, 2.05) is 12.1 Å². The van der Waals surface area contributed by atoms with Crippen LogP contribution in [0, 0.1) is 0 Å². The molecule has 114 valence electrons. The van der Waals surface area contributed by atoms with Crippen LogP contribution in [0.15, 0.2) is 35.5 Å². The van der Waals surface area contributed by atoms with Gasteiger partial charge in [0.2, 0.25) is 7.98 Å². The number of nitrogens with one attached hydrogen (secondary N) is 1. The Balaban J connectivity index is 2.23. The molecule has 2 aromatic rings. The monoisotopic (exact) mass is 296 g/mol. The van der Waals surface area contributed by atoms with Crippen molar-refractivity contribution in [2.75, 3.05) is 29.0 Å². The molecule has 0 bridgehead atoms. The van der Waals surface area contributed by atoms with E-state index in [0.29, 0.717) is 17.2 Å². The minimum absolute atomic E-state index is 0.405. The molecule has 0 spiro atoms. The Kier molecular flexibility index (Phi) is 5.35. The Morgan fingerprint density at radius 3 is 2.50 bits per heavy atom. The zero-order valence-corrected chi connectivity index (χ0v) is 13.2. The third kappa shape index (κ3) is 3.55. The summed E-state index contributed by atoms with van der Waals surface area (Å²) in [6.07, 6.45) is 3.09. The van der Waals surface area contributed by atoms with Crippen LogP contribution < -0.4 is 16.0 Å². The van der Waals surface area contributed by atoms with E-state index in [0.717, 1.165) is 18.8 Å². The fourth-order valence-electron chi connectivity index (χ4n) is 2.25. The number of hydrogen-bond acceptors (Lipinski definition) is 6. The highest BCUT2D eigenvalue weighted by Crippen LogP contribution is 2.23. The fraction of sp³-hybridized carbons (Fsp3) is 0.267. The quantitative estimate of drug-likeness (QED) is 0.625. The lowest BCUT2D eigenvalue weighted by Gasteiger charge is -2.21. The van der Waals surface area contributed by atoms with E-state index in [4.69, 9.17) is 5.73 Å². The van der Waals surface area contributed by atoms with Crippen LogP contribution in [0.4, 0.5) is 23.0 Å². The highest BCUT2D eigenvalue weighted by atomic mass is 15.1. The predicted octanol–water partition coefficient (Wildman–Crippen LogP) is 1.62. The van der Waals surface area contributed by atoms with Gasteiger partial charge in [-0.2, -0.15) is 0 Å². The van der Waals surface area contributed by atoms with Gasteiger partial charge in [-0.25, -0.2) is 9.97 Å². The number of benzene rings is 1. The third-order valence-electron chi connectivity index (χ3n) is 3.43. The van der Waals surface area contributed by atoms with Crippen molar-refractivity contribution in [2.45, 2.75) is 13.8 Å². The van der Waals surface area contributed by atoms with E-state index in [9.17, 15) is 0 Å². The number of hydrogen-bond donors (Lipinski definition) is 2. The van der Waals surface area contributed by atoms with Gasteiger partial charge in [0.1, 0.15) is 18.0 Å². The number of rotatable bonds is 6. The number of nitrogens with zero attached hydrogens (tertiary/aromatic N) is 4. The van der Waals surface area contributed by atoms with Crippen LogP contribution in [0.2, 0.25) is 0 Å². The smallest absolute Gasteiger partial charge is 0.244 e. The van der Waals surface area contributed by atoms with Gasteiger partial charge in [-0.05, 0) is 38.1 Å². The van der Waals surface area contributed by atoms with Crippen molar-refractivity contribution >= 4 is 37.2 Å². The molecular weight excluding hydrogens is 275 g/mol. The molecule has 6 nitrogen and oxygen atoms in total. The van der Waals surface area contributed by atoms with Crippen LogP contribution in [0.5, 0.6) is 0 Å². The fourth-order valence-corrected chi connectivity index (χ4v) is 2.25. The molecule has 3 N–H and O–H groups in total. The Hall–Kier alpha value is -2.57. The van der Waals surface area contributed by atoms with Crippen LogP contribution in [0.3, 0.4) is 0 Å². The van der Waals surface area contributed by atoms with E-state index in [-0.39, 0.29) is 0 Å². The maximum atomic E-state index is 5.87. The zero-order valence-electron chi connectivity index (χ0n) is 13.2. The Bertz CT molecular complexity index is 637. The van der Waals surface area contributed by atoms with Gasteiger partial charge in [0.15, 0.2) is 0 Å². The van der Waals surface area contributed by atoms with Crippen molar-refractivity contribution < 1.29 is 0 Å². The summed E-state index contributed by atoms with van der Waals surface area (Å²) in [4.78, 5) is 14.5. The van der Waals surface area contributed by atoms with Crippen molar-refractivity contribution in [1.29, 1.82) is 0 Å². The third-order valence-corrected chi connectivity index (χ3v) is 3.43. The van der Waals surface area contributed by atoms with Crippen LogP contribution in [-0.4, -0.2) is 37.3 Å². The molecule has 1 heterocycles. The van der Waals surface area contributed by atoms with Crippen LogP contribution >= 0.6 is 0 Å². The molecule has 0 amide bonds. The van der Waals surface area contributed by atoms with E-state index in [1.54, 1.807) is 14.2 Å². The normalized spacial score (nSPS) is 10.8. The first-order valence-corrected chi connectivity index (χ1v) is 7.34. The second-order valence-electron chi connectivity index (χ2n) is 4.75. The molecule has 0 unspecified atom stereocenters. The van der Waals surface area contributed by atoms with Gasteiger partial charge in [-0.15, -0.1) is 0 Å². The molecule has 0 fully saturated rings. The zero-order chi connectivity index (χ0) is 15.9. The Morgan fingerprint density at radius 2 is 1.91 bits per heavy atom. The molecule has 0 radical (unpaired) electrons. The summed E-state index contributed by atoms with van der Waals surface area (Å²) in [7, 11) is 1.69. The summed E-state index contributed by atoms with van der Waals surface area (Å²) < 4.78 is 0. The molecule has 0 aliphatic heterocycles. The summed E-state index contributed by atoms with van der Waals surface area (Å²) in [5.74, 6) is 1.05. The molecular formula is C15H21BN6. The molecule has 0 aliphatic carbocycles.